The van der Waals surface area contributed by atoms with E-state index in [1.807, 2.05) is 0 Å². The minimum atomic E-state index is -2.96. The molecule has 0 heterocycles. The fourth-order valence-electron chi connectivity index (χ4n) is 1.72. The molecule has 0 aliphatic rings. The first-order valence-corrected chi connectivity index (χ1v) is 6.71. The van der Waals surface area contributed by atoms with Gasteiger partial charge in [0, 0.05) is 11.1 Å². The van der Waals surface area contributed by atoms with Crippen LogP contribution in [0.5, 0.6) is 5.75 Å². The number of halogens is 3. The molecule has 0 atom stereocenters. The molecule has 6 heteroatoms. The van der Waals surface area contributed by atoms with E-state index in [0.717, 1.165) is 0 Å². The zero-order chi connectivity index (χ0) is 15.9. The highest BCUT2D eigenvalue weighted by Gasteiger charge is 2.10. The number of alkyl halides is 2. The Balaban J connectivity index is 2.08. The minimum Gasteiger partial charge on any atom is -0.433 e. The maximum atomic E-state index is 12.3. The molecule has 2 rings (SSSR count). The van der Waals surface area contributed by atoms with Gasteiger partial charge >= 0.3 is 6.61 Å². The van der Waals surface area contributed by atoms with Gasteiger partial charge in [0.05, 0.1) is 5.69 Å². The summed E-state index contributed by atoms with van der Waals surface area (Å²) in [4.78, 5) is 11.9. The van der Waals surface area contributed by atoms with Gasteiger partial charge in [-0.1, -0.05) is 41.9 Å². The Kier molecular flexibility index (Phi) is 5.49. The second-order valence-corrected chi connectivity index (χ2v) is 4.63. The molecular weight excluding hydrogens is 312 g/mol. The monoisotopic (exact) mass is 323 g/mol. The van der Waals surface area contributed by atoms with Gasteiger partial charge in [-0.05, 0) is 29.8 Å². The molecule has 0 aromatic heterocycles. The Morgan fingerprint density at radius 2 is 1.82 bits per heavy atom. The van der Waals surface area contributed by atoms with E-state index in [1.165, 1.54) is 30.4 Å². The number of hydrogen-bond donors (Lipinski definition) is 1. The third-order valence-corrected chi connectivity index (χ3v) is 3.02. The number of carbonyl (C=O) groups excluding carboxylic acids is 1. The smallest absolute Gasteiger partial charge is 0.387 e. The van der Waals surface area contributed by atoms with Crippen molar-refractivity contribution in [2.75, 3.05) is 5.32 Å². The fraction of sp³-hybridized carbons (Fsp3) is 0.0625. The predicted molar refractivity (Wildman–Crippen MR) is 82.2 cm³/mol. The Morgan fingerprint density at radius 3 is 2.55 bits per heavy atom. The quantitative estimate of drug-likeness (QED) is 0.817. The van der Waals surface area contributed by atoms with Crippen molar-refractivity contribution < 1.29 is 18.3 Å². The van der Waals surface area contributed by atoms with Crippen LogP contribution in [0.2, 0.25) is 5.02 Å². The molecule has 2 aromatic rings. The highest BCUT2D eigenvalue weighted by atomic mass is 35.5. The number of nitrogens with one attached hydrogen (secondary N) is 1. The van der Waals surface area contributed by atoms with Crippen LogP contribution in [0.25, 0.3) is 6.08 Å². The number of amides is 1. The van der Waals surface area contributed by atoms with Crippen molar-refractivity contribution in [3.8, 4) is 5.75 Å². The molecule has 0 bridgehead atoms. The summed E-state index contributed by atoms with van der Waals surface area (Å²) >= 11 is 5.96. The SMILES string of the molecule is O=C(/C=C/c1ccccc1Cl)Nc1ccccc1OC(F)F. The van der Waals surface area contributed by atoms with Gasteiger partial charge in [0.25, 0.3) is 0 Å². The molecule has 0 aliphatic heterocycles. The van der Waals surface area contributed by atoms with Gasteiger partial charge in [0.2, 0.25) is 5.91 Å². The molecule has 0 radical (unpaired) electrons. The van der Waals surface area contributed by atoms with Crippen LogP contribution in [0.15, 0.2) is 54.6 Å². The number of benzene rings is 2. The van der Waals surface area contributed by atoms with Crippen molar-refractivity contribution in [3.63, 3.8) is 0 Å². The largest absolute Gasteiger partial charge is 0.433 e. The van der Waals surface area contributed by atoms with E-state index in [4.69, 9.17) is 11.6 Å². The lowest BCUT2D eigenvalue weighted by molar-refractivity contribution is -0.111. The van der Waals surface area contributed by atoms with Gasteiger partial charge in [0.15, 0.2) is 0 Å². The molecule has 0 saturated carbocycles. The molecule has 114 valence electrons. The summed E-state index contributed by atoms with van der Waals surface area (Å²) in [5, 5.41) is 2.99. The fourth-order valence-corrected chi connectivity index (χ4v) is 1.92. The van der Waals surface area contributed by atoms with Crippen LogP contribution in [-0.2, 0) is 4.79 Å². The van der Waals surface area contributed by atoms with Crippen LogP contribution in [-0.4, -0.2) is 12.5 Å². The van der Waals surface area contributed by atoms with E-state index in [1.54, 1.807) is 30.3 Å². The average molecular weight is 324 g/mol. The Morgan fingerprint density at radius 1 is 1.14 bits per heavy atom. The number of hydrogen-bond acceptors (Lipinski definition) is 2. The number of carbonyl (C=O) groups is 1. The standard InChI is InChI=1S/C16H12ClF2NO2/c17-12-6-2-1-5-11(12)9-10-15(21)20-13-7-3-4-8-14(13)22-16(18)19/h1-10,16H,(H,20,21)/b10-9+. The summed E-state index contributed by atoms with van der Waals surface area (Å²) in [6.45, 7) is -2.96. The van der Waals surface area contributed by atoms with Crippen LogP contribution in [0.4, 0.5) is 14.5 Å². The topological polar surface area (TPSA) is 38.3 Å². The van der Waals surface area contributed by atoms with Crippen molar-refractivity contribution >= 4 is 29.3 Å². The van der Waals surface area contributed by atoms with Crippen LogP contribution < -0.4 is 10.1 Å². The lowest BCUT2D eigenvalue weighted by atomic mass is 10.2. The first-order chi connectivity index (χ1) is 10.6. The second kappa shape index (κ2) is 7.56. The highest BCUT2D eigenvalue weighted by Crippen LogP contribution is 2.25. The maximum Gasteiger partial charge on any atom is 0.387 e. The van der Waals surface area contributed by atoms with Crippen LogP contribution in [0, 0.1) is 0 Å². The third kappa shape index (κ3) is 4.56. The summed E-state index contributed by atoms with van der Waals surface area (Å²) in [7, 11) is 0. The second-order valence-electron chi connectivity index (χ2n) is 4.22. The van der Waals surface area contributed by atoms with E-state index in [9.17, 15) is 13.6 Å². The summed E-state index contributed by atoms with van der Waals surface area (Å²) in [6, 6.07) is 13.0. The van der Waals surface area contributed by atoms with Crippen molar-refractivity contribution in [3.05, 3.63) is 65.2 Å². The lowest BCUT2D eigenvalue weighted by Crippen LogP contribution is -2.11. The van der Waals surface area contributed by atoms with Gasteiger partial charge in [-0.3, -0.25) is 4.79 Å². The van der Waals surface area contributed by atoms with Crippen LogP contribution in [0.3, 0.4) is 0 Å². The van der Waals surface area contributed by atoms with E-state index < -0.39 is 12.5 Å². The third-order valence-electron chi connectivity index (χ3n) is 2.68. The zero-order valence-corrected chi connectivity index (χ0v) is 12.1. The average Bonchev–Trinajstić information content (AvgIpc) is 2.48. The van der Waals surface area contributed by atoms with E-state index in [2.05, 4.69) is 10.1 Å². The van der Waals surface area contributed by atoms with Crippen molar-refractivity contribution in [1.29, 1.82) is 0 Å². The van der Waals surface area contributed by atoms with Gasteiger partial charge in [-0.15, -0.1) is 0 Å². The normalized spacial score (nSPS) is 10.9. The molecule has 22 heavy (non-hydrogen) atoms. The molecule has 3 nitrogen and oxygen atoms in total. The number of anilines is 1. The summed E-state index contributed by atoms with van der Waals surface area (Å²) in [5.41, 5.74) is 0.841. The number of ether oxygens (including phenoxy) is 1. The van der Waals surface area contributed by atoms with E-state index in [0.29, 0.717) is 10.6 Å². The predicted octanol–water partition coefficient (Wildman–Crippen LogP) is 4.59. The first kappa shape index (κ1) is 16.0. The Bertz CT molecular complexity index is 689. The molecule has 1 amide bonds. The highest BCUT2D eigenvalue weighted by molar-refractivity contribution is 6.32. The Labute approximate surface area is 131 Å². The summed E-state index contributed by atoms with van der Waals surface area (Å²) in [6.07, 6.45) is 2.80. The van der Waals surface area contributed by atoms with Crippen molar-refractivity contribution in [1.82, 2.24) is 0 Å². The summed E-state index contributed by atoms with van der Waals surface area (Å²) in [5.74, 6) is -0.581. The Hall–Kier alpha value is -2.40. The van der Waals surface area contributed by atoms with Gasteiger partial charge in [-0.2, -0.15) is 8.78 Å². The lowest BCUT2D eigenvalue weighted by Gasteiger charge is -2.10. The minimum absolute atomic E-state index is 0.100. The van der Waals surface area contributed by atoms with Gasteiger partial charge < -0.3 is 10.1 Å². The van der Waals surface area contributed by atoms with Gasteiger partial charge in [-0.25, -0.2) is 0 Å². The number of para-hydroxylation sites is 2. The molecule has 0 fully saturated rings. The molecule has 0 spiro atoms. The maximum absolute atomic E-state index is 12.3. The molecule has 2 aromatic carbocycles. The van der Waals surface area contributed by atoms with Crippen molar-refractivity contribution in [2.45, 2.75) is 6.61 Å². The van der Waals surface area contributed by atoms with Crippen LogP contribution >= 0.6 is 11.6 Å². The molecule has 0 saturated heterocycles. The summed E-state index contributed by atoms with van der Waals surface area (Å²) < 4.78 is 28.9. The first-order valence-electron chi connectivity index (χ1n) is 6.33. The molecule has 1 N–H and O–H groups in total. The molecule has 0 unspecified atom stereocenters. The number of rotatable bonds is 5. The zero-order valence-electron chi connectivity index (χ0n) is 11.3. The van der Waals surface area contributed by atoms with Gasteiger partial charge in [0.1, 0.15) is 5.75 Å². The van der Waals surface area contributed by atoms with E-state index in [-0.39, 0.29) is 11.4 Å². The van der Waals surface area contributed by atoms with Crippen molar-refractivity contribution in [2.24, 2.45) is 0 Å². The molecule has 0 aliphatic carbocycles. The van der Waals surface area contributed by atoms with E-state index >= 15 is 0 Å². The molecular formula is C16H12ClF2NO2. The van der Waals surface area contributed by atoms with Crippen LogP contribution in [0.1, 0.15) is 5.56 Å².